The molecule has 4 heterocycles. The summed E-state index contributed by atoms with van der Waals surface area (Å²) < 4.78 is 123. The van der Waals surface area contributed by atoms with Crippen molar-refractivity contribution in [3.05, 3.63) is 0 Å². The quantitative estimate of drug-likeness (QED) is 0.237. The number of hydrogen-bond acceptors (Lipinski definition) is 10. The van der Waals surface area contributed by atoms with Gasteiger partial charge in [0.2, 0.25) is 5.91 Å². The van der Waals surface area contributed by atoms with Crippen molar-refractivity contribution in [1.82, 2.24) is 4.90 Å². The standard InChI is InChI=1S/C28H34F5NO10S2/c1-11(2)34-17-18(20-16(15(21(34)35)19(17)45-20)22(36)41-10-26(29,30)46(38,39)40)43-23(37)25-6-12-4-13(7-25)27(14(5-12)8-25)42-9-24(3,44-27)28(31,32)33/h11-20H,4-10H2,1-3H3,(H,38,39,40). The number of thioether (sulfide) groups is 1. The molecule has 0 aromatic heterocycles. The molecule has 0 aromatic carbocycles. The normalized spacial score (nSPS) is 45.8. The van der Waals surface area contributed by atoms with Gasteiger partial charge in [0.1, 0.15) is 6.10 Å². The minimum Gasteiger partial charge on any atom is -0.458 e. The third kappa shape index (κ3) is 4.37. The van der Waals surface area contributed by atoms with Crippen LogP contribution in [0.1, 0.15) is 52.9 Å². The van der Waals surface area contributed by atoms with E-state index in [1.165, 1.54) is 16.7 Å². The minimum absolute atomic E-state index is 0.0341. The van der Waals surface area contributed by atoms with Crippen molar-refractivity contribution in [2.45, 2.75) is 104 Å². The Hall–Kier alpha value is -1.76. The highest BCUT2D eigenvalue weighted by molar-refractivity contribution is 8.01. The Labute approximate surface area is 265 Å². The molecule has 6 bridgehead atoms. The smallest absolute Gasteiger partial charge is 0.419 e. The lowest BCUT2D eigenvalue weighted by atomic mass is 9.47. The number of esters is 2. The van der Waals surface area contributed by atoms with Crippen LogP contribution in [0.2, 0.25) is 0 Å². The van der Waals surface area contributed by atoms with E-state index >= 15 is 0 Å². The van der Waals surface area contributed by atoms with Gasteiger partial charge in [0.15, 0.2) is 18.0 Å². The fraction of sp³-hybridized carbons (Fsp3) is 0.893. The number of halogens is 5. The van der Waals surface area contributed by atoms with Crippen LogP contribution in [-0.4, -0.2) is 100 Å². The van der Waals surface area contributed by atoms with Crippen molar-refractivity contribution in [2.24, 2.45) is 35.0 Å². The number of carbonyl (C=O) groups excluding carboxylic acids is 3. The highest BCUT2D eigenvalue weighted by Crippen LogP contribution is 2.68. The molecule has 4 aliphatic carbocycles. The predicted octanol–water partition coefficient (Wildman–Crippen LogP) is 3.16. The van der Waals surface area contributed by atoms with Crippen molar-refractivity contribution in [1.29, 1.82) is 0 Å². The molecule has 4 saturated carbocycles. The van der Waals surface area contributed by atoms with Gasteiger partial charge in [0.25, 0.3) is 0 Å². The lowest BCUT2D eigenvalue weighted by Gasteiger charge is -2.62. The van der Waals surface area contributed by atoms with Crippen molar-refractivity contribution in [3.8, 4) is 0 Å². The first kappa shape index (κ1) is 32.8. The van der Waals surface area contributed by atoms with E-state index < -0.39 is 116 Å². The average molecular weight is 704 g/mol. The number of alkyl halides is 5. The van der Waals surface area contributed by atoms with Crippen LogP contribution in [0.5, 0.6) is 0 Å². The van der Waals surface area contributed by atoms with Gasteiger partial charge >= 0.3 is 33.5 Å². The third-order valence-electron chi connectivity index (χ3n) is 11.4. The number of rotatable bonds is 7. The number of fused-ring (bicyclic) bond motifs is 1. The maximum atomic E-state index is 14.2. The summed E-state index contributed by atoms with van der Waals surface area (Å²) in [6.45, 7) is 1.84. The maximum Gasteiger partial charge on any atom is 0.419 e. The molecule has 1 N–H and O–H groups in total. The van der Waals surface area contributed by atoms with Gasteiger partial charge in [-0.05, 0) is 58.8 Å². The lowest BCUT2D eigenvalue weighted by Crippen LogP contribution is -2.65. The largest absolute Gasteiger partial charge is 0.458 e. The van der Waals surface area contributed by atoms with E-state index in [0.29, 0.717) is 19.3 Å². The SMILES string of the molecule is CC(C)N1C(=O)C2C3SC(C(OC(=O)C45CC6CC(C4)C4(OCC(C)(C(F)(F)F)O4)C(C6)C5)C31)C2C(=O)OCC(F)(F)S(=O)(=O)O. The van der Waals surface area contributed by atoms with E-state index in [1.54, 1.807) is 13.8 Å². The first-order valence-corrected chi connectivity index (χ1v) is 17.6. The van der Waals surface area contributed by atoms with Gasteiger partial charge in [-0.2, -0.15) is 30.4 Å². The molecule has 4 saturated heterocycles. The summed E-state index contributed by atoms with van der Waals surface area (Å²) in [4.78, 5) is 42.4. The Morgan fingerprint density at radius 3 is 2.28 bits per heavy atom. The Bertz CT molecular complexity index is 1460. The van der Waals surface area contributed by atoms with E-state index in [-0.39, 0.29) is 24.8 Å². The second-order valence-corrected chi connectivity index (χ2v) is 17.4. The highest BCUT2D eigenvalue weighted by atomic mass is 32.2. The minimum atomic E-state index is -5.88. The zero-order valence-electron chi connectivity index (χ0n) is 25.0. The van der Waals surface area contributed by atoms with Crippen LogP contribution in [0.3, 0.4) is 0 Å². The summed E-state index contributed by atoms with van der Waals surface area (Å²) >= 11 is 1.21. The number of nitrogens with zero attached hydrogens (tertiary/aromatic N) is 1. The van der Waals surface area contributed by atoms with Gasteiger partial charge in [-0.1, -0.05) is 0 Å². The van der Waals surface area contributed by atoms with Crippen LogP contribution in [0.4, 0.5) is 22.0 Å². The van der Waals surface area contributed by atoms with Gasteiger partial charge < -0.3 is 23.8 Å². The number of carbonyl (C=O) groups is 3. The van der Waals surface area contributed by atoms with E-state index in [4.69, 9.17) is 18.8 Å². The molecule has 8 fully saturated rings. The fourth-order valence-electron chi connectivity index (χ4n) is 9.62. The Morgan fingerprint density at radius 1 is 1.11 bits per heavy atom. The molecule has 8 aliphatic rings. The average Bonchev–Trinajstić information content (AvgIpc) is 3.64. The Kier molecular flexibility index (Phi) is 7.06. The van der Waals surface area contributed by atoms with E-state index in [9.17, 15) is 44.8 Å². The van der Waals surface area contributed by atoms with Crippen molar-refractivity contribution in [3.63, 3.8) is 0 Å². The second kappa shape index (κ2) is 9.91. The molecule has 0 aromatic rings. The van der Waals surface area contributed by atoms with Crippen LogP contribution in [0.15, 0.2) is 0 Å². The van der Waals surface area contributed by atoms with Crippen molar-refractivity contribution in [2.75, 3.05) is 13.2 Å². The monoisotopic (exact) mass is 703 g/mol. The summed E-state index contributed by atoms with van der Waals surface area (Å²) in [5, 5.41) is -6.17. The maximum absolute atomic E-state index is 14.2. The molecular formula is C28H34F5NO10S2. The number of hydrogen-bond donors (Lipinski definition) is 1. The van der Waals surface area contributed by atoms with E-state index in [1.807, 2.05) is 0 Å². The van der Waals surface area contributed by atoms with Gasteiger partial charge in [-0.25, -0.2) is 0 Å². The van der Waals surface area contributed by atoms with Crippen LogP contribution >= 0.6 is 11.8 Å². The molecule has 258 valence electrons. The predicted molar refractivity (Wildman–Crippen MR) is 145 cm³/mol. The molecule has 8 rings (SSSR count). The summed E-state index contributed by atoms with van der Waals surface area (Å²) in [6.07, 6.45) is -3.80. The topological polar surface area (TPSA) is 146 Å². The molecular weight excluding hydrogens is 669 g/mol. The summed E-state index contributed by atoms with van der Waals surface area (Å²) in [5.41, 5.74) is -3.52. The van der Waals surface area contributed by atoms with Crippen molar-refractivity contribution >= 4 is 39.7 Å². The molecule has 11 nitrogen and oxygen atoms in total. The summed E-state index contributed by atoms with van der Waals surface area (Å²) in [6, 6.07) is -0.989. The summed E-state index contributed by atoms with van der Waals surface area (Å²) in [5.74, 6) is -7.00. The molecule has 1 amide bonds. The lowest BCUT2D eigenvalue weighted by molar-refractivity contribution is -0.344. The Morgan fingerprint density at radius 2 is 1.74 bits per heavy atom. The Balaban J connectivity index is 1.13. The fourth-order valence-corrected chi connectivity index (χ4v) is 11.9. The van der Waals surface area contributed by atoms with Gasteiger partial charge in [-0.15, -0.1) is 11.8 Å². The van der Waals surface area contributed by atoms with Crippen molar-refractivity contribution < 1.29 is 68.3 Å². The van der Waals surface area contributed by atoms with E-state index in [0.717, 1.165) is 6.92 Å². The van der Waals surface area contributed by atoms with Crippen LogP contribution in [0, 0.1) is 35.0 Å². The molecule has 0 radical (unpaired) electrons. The first-order chi connectivity index (χ1) is 21.1. The highest BCUT2D eigenvalue weighted by Gasteiger charge is 2.75. The molecule has 4 aliphatic heterocycles. The molecule has 9 atom stereocenters. The zero-order chi connectivity index (χ0) is 33.6. The molecule has 9 unspecified atom stereocenters. The van der Waals surface area contributed by atoms with Crippen LogP contribution in [-0.2, 0) is 43.4 Å². The number of ether oxygens (including phenoxy) is 4. The van der Waals surface area contributed by atoms with Gasteiger partial charge in [0.05, 0.1) is 35.1 Å². The van der Waals surface area contributed by atoms with E-state index in [2.05, 4.69) is 4.74 Å². The molecule has 46 heavy (non-hydrogen) atoms. The zero-order valence-corrected chi connectivity index (χ0v) is 26.6. The van der Waals surface area contributed by atoms with Crippen LogP contribution < -0.4 is 0 Å². The first-order valence-electron chi connectivity index (χ1n) is 15.3. The van der Waals surface area contributed by atoms with Gasteiger partial charge in [0, 0.05) is 23.1 Å². The summed E-state index contributed by atoms with van der Waals surface area (Å²) in [7, 11) is -5.88. The second-order valence-electron chi connectivity index (χ2n) is 14.5. The molecule has 18 heteroatoms. The van der Waals surface area contributed by atoms with Crippen LogP contribution in [0.25, 0.3) is 0 Å². The van der Waals surface area contributed by atoms with Gasteiger partial charge in [-0.3, -0.25) is 18.9 Å². The number of amides is 1. The third-order valence-corrected chi connectivity index (χ3v) is 14.1. The number of likely N-dealkylation sites (tertiary alicyclic amines) is 1. The molecule has 1 spiro atoms.